The SMILES string of the molecule is CC(C)N1Cc2c(n(CC(=O)Nc3ccc(F)cn3)c3cc(NC(=O)C(F)F)nn3c2=O)C1=O. The van der Waals surface area contributed by atoms with Gasteiger partial charge in [0, 0.05) is 12.1 Å². The van der Waals surface area contributed by atoms with Gasteiger partial charge in [0.25, 0.3) is 17.4 Å². The molecule has 0 saturated heterocycles. The summed E-state index contributed by atoms with van der Waals surface area (Å²) in [5, 5.41) is 8.21. The number of carbonyl (C=O) groups is 3. The second-order valence-electron chi connectivity index (χ2n) is 7.74. The molecule has 14 heteroatoms. The van der Waals surface area contributed by atoms with Crippen molar-refractivity contribution in [2.45, 2.75) is 39.4 Å². The summed E-state index contributed by atoms with van der Waals surface area (Å²) in [6, 6.07) is 3.19. The highest BCUT2D eigenvalue weighted by Crippen LogP contribution is 2.25. The summed E-state index contributed by atoms with van der Waals surface area (Å²) >= 11 is 0. The fraction of sp³-hybridized carbons (Fsp3) is 0.300. The van der Waals surface area contributed by atoms with Crippen molar-refractivity contribution in [3.05, 3.63) is 51.8 Å². The number of halogens is 3. The first-order valence-electron chi connectivity index (χ1n) is 10.0. The first-order chi connectivity index (χ1) is 16.1. The van der Waals surface area contributed by atoms with Crippen molar-refractivity contribution in [1.29, 1.82) is 0 Å². The van der Waals surface area contributed by atoms with Crippen molar-refractivity contribution in [2.75, 3.05) is 10.6 Å². The molecule has 34 heavy (non-hydrogen) atoms. The van der Waals surface area contributed by atoms with E-state index in [4.69, 9.17) is 0 Å². The second kappa shape index (κ2) is 8.61. The quantitative estimate of drug-likeness (QED) is 0.549. The average Bonchev–Trinajstić information content (AvgIpc) is 3.34. The summed E-state index contributed by atoms with van der Waals surface area (Å²) < 4.78 is 40.4. The van der Waals surface area contributed by atoms with Crippen LogP contribution in [0.15, 0.2) is 29.2 Å². The number of carbonyl (C=O) groups excluding carboxylic acids is 3. The minimum Gasteiger partial charge on any atom is -0.330 e. The van der Waals surface area contributed by atoms with Crippen LogP contribution in [0.2, 0.25) is 0 Å². The molecule has 0 atom stereocenters. The molecule has 3 aromatic rings. The number of nitrogens with zero attached hydrogens (tertiary/aromatic N) is 5. The van der Waals surface area contributed by atoms with Crippen molar-refractivity contribution in [1.82, 2.24) is 24.1 Å². The highest BCUT2D eigenvalue weighted by Gasteiger charge is 2.36. The van der Waals surface area contributed by atoms with Gasteiger partial charge in [-0.15, -0.1) is 5.10 Å². The van der Waals surface area contributed by atoms with E-state index in [2.05, 4.69) is 15.4 Å². The van der Waals surface area contributed by atoms with Gasteiger partial charge in [-0.3, -0.25) is 19.2 Å². The van der Waals surface area contributed by atoms with E-state index >= 15 is 0 Å². The third-order valence-electron chi connectivity index (χ3n) is 5.13. The van der Waals surface area contributed by atoms with E-state index in [0.29, 0.717) is 0 Å². The molecule has 11 nitrogen and oxygen atoms in total. The first kappa shape index (κ1) is 22.9. The first-order valence-corrected chi connectivity index (χ1v) is 10.0. The number of fused-ring (bicyclic) bond motifs is 2. The van der Waals surface area contributed by atoms with E-state index in [0.717, 1.165) is 22.8 Å². The smallest absolute Gasteiger partial charge is 0.315 e. The van der Waals surface area contributed by atoms with E-state index in [1.54, 1.807) is 13.8 Å². The number of aromatic nitrogens is 4. The van der Waals surface area contributed by atoms with Crippen LogP contribution in [0.1, 0.15) is 29.9 Å². The van der Waals surface area contributed by atoms with Crippen molar-refractivity contribution in [3.8, 4) is 0 Å². The summed E-state index contributed by atoms with van der Waals surface area (Å²) in [6.45, 7) is 2.99. The van der Waals surface area contributed by atoms with Gasteiger partial charge >= 0.3 is 6.43 Å². The van der Waals surface area contributed by atoms with E-state index in [1.165, 1.54) is 15.5 Å². The minimum atomic E-state index is -3.32. The summed E-state index contributed by atoms with van der Waals surface area (Å²) in [4.78, 5) is 55.4. The molecule has 3 amide bonds. The van der Waals surface area contributed by atoms with Gasteiger partial charge in [-0.05, 0) is 26.0 Å². The van der Waals surface area contributed by atoms with Crippen molar-refractivity contribution in [3.63, 3.8) is 0 Å². The van der Waals surface area contributed by atoms with Crippen molar-refractivity contribution >= 4 is 35.0 Å². The molecule has 0 aliphatic carbocycles. The summed E-state index contributed by atoms with van der Waals surface area (Å²) in [5.41, 5.74) is -0.751. The van der Waals surface area contributed by atoms with Gasteiger partial charge in [-0.1, -0.05) is 0 Å². The third-order valence-corrected chi connectivity index (χ3v) is 5.13. The van der Waals surface area contributed by atoms with Crippen LogP contribution in [0.25, 0.3) is 5.65 Å². The zero-order valence-corrected chi connectivity index (χ0v) is 17.9. The lowest BCUT2D eigenvalue weighted by molar-refractivity contribution is -0.126. The zero-order chi connectivity index (χ0) is 24.7. The molecule has 4 heterocycles. The highest BCUT2D eigenvalue weighted by molar-refractivity contribution is 5.99. The predicted octanol–water partition coefficient (Wildman–Crippen LogP) is 1.24. The van der Waals surface area contributed by atoms with E-state index in [-0.39, 0.29) is 41.1 Å². The summed E-state index contributed by atoms with van der Waals surface area (Å²) in [7, 11) is 0. The second-order valence-corrected chi connectivity index (χ2v) is 7.74. The van der Waals surface area contributed by atoms with Crippen LogP contribution in [0, 0.1) is 5.82 Å². The van der Waals surface area contributed by atoms with Crippen LogP contribution in [-0.4, -0.2) is 54.3 Å². The fourth-order valence-electron chi connectivity index (χ4n) is 3.58. The minimum absolute atomic E-state index is 0.0413. The van der Waals surface area contributed by atoms with Crippen LogP contribution in [0.5, 0.6) is 0 Å². The Balaban J connectivity index is 1.79. The fourth-order valence-corrected chi connectivity index (χ4v) is 3.58. The molecule has 1 aliphatic heterocycles. The number of hydrogen-bond acceptors (Lipinski definition) is 6. The summed E-state index contributed by atoms with van der Waals surface area (Å²) in [6.07, 6.45) is -2.41. The molecule has 0 spiro atoms. The van der Waals surface area contributed by atoms with E-state index in [9.17, 15) is 32.3 Å². The number of hydrogen-bond donors (Lipinski definition) is 2. The Morgan fingerprint density at radius 2 is 1.88 bits per heavy atom. The molecule has 0 aromatic carbocycles. The largest absolute Gasteiger partial charge is 0.330 e. The Bertz CT molecular complexity index is 1370. The molecule has 3 aromatic heterocycles. The monoisotopic (exact) mass is 477 g/mol. The van der Waals surface area contributed by atoms with Crippen LogP contribution < -0.4 is 16.2 Å². The van der Waals surface area contributed by atoms with Gasteiger partial charge in [-0.2, -0.15) is 13.3 Å². The van der Waals surface area contributed by atoms with E-state index in [1.807, 2.05) is 5.32 Å². The van der Waals surface area contributed by atoms with Gasteiger partial charge in [0.1, 0.15) is 29.5 Å². The topological polar surface area (TPSA) is 131 Å². The molecular formula is C20H18F3N7O4. The number of alkyl halides is 2. The lowest BCUT2D eigenvalue weighted by Crippen LogP contribution is -2.32. The number of anilines is 2. The van der Waals surface area contributed by atoms with Gasteiger partial charge in [0.2, 0.25) is 5.91 Å². The number of rotatable bonds is 6. The molecule has 178 valence electrons. The zero-order valence-electron chi connectivity index (χ0n) is 17.9. The molecule has 0 bridgehead atoms. The molecule has 0 fully saturated rings. The van der Waals surface area contributed by atoms with Crippen LogP contribution in [0.4, 0.5) is 24.8 Å². The van der Waals surface area contributed by atoms with E-state index < -0.39 is 42.1 Å². The van der Waals surface area contributed by atoms with Gasteiger partial charge in [0.05, 0.1) is 18.3 Å². The lowest BCUT2D eigenvalue weighted by Gasteiger charge is -2.20. The third kappa shape index (κ3) is 4.09. The Labute approximate surface area is 189 Å². The Hall–Kier alpha value is -4.23. The molecule has 0 unspecified atom stereocenters. The van der Waals surface area contributed by atoms with Crippen LogP contribution in [0.3, 0.4) is 0 Å². The van der Waals surface area contributed by atoms with Gasteiger partial charge < -0.3 is 20.1 Å². The molecule has 0 radical (unpaired) electrons. The molecule has 4 rings (SSSR count). The number of pyridine rings is 1. The van der Waals surface area contributed by atoms with Crippen molar-refractivity contribution < 1.29 is 27.6 Å². The maximum Gasteiger partial charge on any atom is 0.315 e. The Morgan fingerprint density at radius 3 is 2.50 bits per heavy atom. The molecule has 1 aliphatic rings. The maximum absolute atomic E-state index is 13.1. The highest BCUT2D eigenvalue weighted by atomic mass is 19.3. The number of amides is 3. The average molecular weight is 477 g/mol. The normalized spacial score (nSPS) is 13.1. The molecular weight excluding hydrogens is 459 g/mol. The van der Waals surface area contributed by atoms with Crippen LogP contribution in [-0.2, 0) is 22.7 Å². The van der Waals surface area contributed by atoms with Crippen LogP contribution >= 0.6 is 0 Å². The Morgan fingerprint density at radius 1 is 1.15 bits per heavy atom. The lowest BCUT2D eigenvalue weighted by atomic mass is 10.2. The standard InChI is InChI=1S/C20H18F3N7O4/c1-9(2)28-7-11-16(20(28)34)29(8-14(31)25-12-4-3-10(21)6-24-12)15-5-13(26-18(32)17(22)23)27-30(15)19(11)33/h3-6,9,17H,7-8H2,1-2H3,(H,24,25,31)(H,26,27,32). The number of nitrogens with one attached hydrogen (secondary N) is 2. The predicted molar refractivity (Wildman–Crippen MR) is 112 cm³/mol. The van der Waals surface area contributed by atoms with Gasteiger partial charge in [-0.25, -0.2) is 9.37 Å². The maximum atomic E-state index is 13.1. The van der Waals surface area contributed by atoms with Crippen molar-refractivity contribution in [2.24, 2.45) is 0 Å². The molecule has 2 N–H and O–H groups in total. The van der Waals surface area contributed by atoms with Gasteiger partial charge in [0.15, 0.2) is 5.82 Å². The Kier molecular flexibility index (Phi) is 5.81. The molecule has 0 saturated carbocycles. The summed E-state index contributed by atoms with van der Waals surface area (Å²) in [5.74, 6) is -3.70.